The van der Waals surface area contributed by atoms with E-state index in [-0.39, 0.29) is 11.7 Å². The Morgan fingerprint density at radius 1 is 1.32 bits per heavy atom. The highest BCUT2D eigenvalue weighted by Crippen LogP contribution is 2.16. The molecule has 0 fully saturated rings. The first kappa shape index (κ1) is 14.4. The molecule has 1 atom stereocenters. The molecule has 0 aliphatic carbocycles. The summed E-state index contributed by atoms with van der Waals surface area (Å²) in [4.78, 5) is 11.9. The van der Waals surface area contributed by atoms with Gasteiger partial charge in [-0.25, -0.2) is 13.6 Å². The number of amides is 2. The minimum absolute atomic E-state index is 0.0625. The highest BCUT2D eigenvalue weighted by molar-refractivity contribution is 5.89. The topological polar surface area (TPSA) is 71.8 Å². The number of carbonyl (C=O) groups is 1. The van der Waals surface area contributed by atoms with E-state index >= 15 is 0 Å². The summed E-state index contributed by atoms with van der Waals surface area (Å²) >= 11 is 0. The van der Waals surface area contributed by atoms with Gasteiger partial charge >= 0.3 is 6.03 Å². The molecule has 2 N–H and O–H groups in total. The van der Waals surface area contributed by atoms with E-state index in [0.717, 1.165) is 36.6 Å². The molecule has 0 spiro atoms. The molecular formula is C14H15F2N5O. The summed E-state index contributed by atoms with van der Waals surface area (Å²) in [6, 6.07) is 2.70. The van der Waals surface area contributed by atoms with Gasteiger partial charge in [-0.15, -0.1) is 10.2 Å². The average molecular weight is 307 g/mol. The van der Waals surface area contributed by atoms with E-state index in [2.05, 4.69) is 20.8 Å². The number of nitrogens with one attached hydrogen (secondary N) is 2. The van der Waals surface area contributed by atoms with E-state index in [1.54, 1.807) is 0 Å². The van der Waals surface area contributed by atoms with E-state index in [1.807, 2.05) is 11.5 Å². The first-order valence-corrected chi connectivity index (χ1v) is 6.94. The fourth-order valence-corrected chi connectivity index (χ4v) is 2.51. The molecule has 0 saturated carbocycles. The van der Waals surface area contributed by atoms with Crippen molar-refractivity contribution in [1.29, 1.82) is 0 Å². The number of rotatable bonds is 2. The summed E-state index contributed by atoms with van der Waals surface area (Å²) in [6.45, 7) is 2.46. The molecule has 8 heteroatoms. The summed E-state index contributed by atoms with van der Waals surface area (Å²) in [5, 5.41) is 13.4. The minimum Gasteiger partial charge on any atom is -0.333 e. The highest BCUT2D eigenvalue weighted by Gasteiger charge is 2.22. The number of urea groups is 1. The molecule has 0 saturated heterocycles. The molecule has 0 radical (unpaired) electrons. The van der Waals surface area contributed by atoms with Crippen molar-refractivity contribution in [2.45, 2.75) is 32.4 Å². The fraction of sp³-hybridized carbons (Fsp3) is 0.357. The van der Waals surface area contributed by atoms with Crippen LogP contribution < -0.4 is 10.6 Å². The van der Waals surface area contributed by atoms with Crippen molar-refractivity contribution in [3.63, 3.8) is 0 Å². The van der Waals surface area contributed by atoms with Crippen LogP contribution in [0.15, 0.2) is 18.2 Å². The third kappa shape index (κ3) is 2.90. The summed E-state index contributed by atoms with van der Waals surface area (Å²) in [6.07, 6.45) is 1.49. The molecule has 1 aromatic carbocycles. The molecule has 22 heavy (non-hydrogen) atoms. The molecule has 1 aliphatic rings. The molecule has 2 amide bonds. The van der Waals surface area contributed by atoms with Crippen LogP contribution in [0, 0.1) is 18.6 Å². The molecule has 2 heterocycles. The Kier molecular flexibility index (Phi) is 3.74. The lowest BCUT2D eigenvalue weighted by atomic mass is 10.1. The van der Waals surface area contributed by atoms with Crippen LogP contribution in [0.25, 0.3) is 0 Å². The number of fused-ring (bicyclic) bond motifs is 1. The quantitative estimate of drug-likeness (QED) is 0.891. The first-order chi connectivity index (χ1) is 10.5. The summed E-state index contributed by atoms with van der Waals surface area (Å²) < 4.78 is 27.9. The smallest absolute Gasteiger partial charge is 0.319 e. The standard InChI is InChI=1S/C14H15F2N5O/c1-8-19-20-13-5-3-10(7-21(8)13)18-14(22)17-9-2-4-11(15)12(16)6-9/h2,4,6,10H,3,5,7H2,1H3,(H2,17,18,22). The zero-order valence-electron chi connectivity index (χ0n) is 11.9. The van der Waals surface area contributed by atoms with E-state index in [0.29, 0.717) is 6.54 Å². The third-order valence-corrected chi connectivity index (χ3v) is 3.64. The Bertz CT molecular complexity index is 715. The number of carbonyl (C=O) groups excluding carboxylic acids is 1. The number of hydrogen-bond donors (Lipinski definition) is 2. The fourth-order valence-electron chi connectivity index (χ4n) is 2.51. The average Bonchev–Trinajstić information content (AvgIpc) is 2.84. The molecule has 1 unspecified atom stereocenters. The Morgan fingerprint density at radius 2 is 2.14 bits per heavy atom. The molecule has 116 valence electrons. The van der Waals surface area contributed by atoms with Crippen molar-refractivity contribution in [2.75, 3.05) is 5.32 Å². The molecule has 2 aromatic rings. The van der Waals surface area contributed by atoms with Crippen LogP contribution >= 0.6 is 0 Å². The van der Waals surface area contributed by atoms with E-state index in [1.165, 1.54) is 6.07 Å². The molecular weight excluding hydrogens is 292 g/mol. The Hall–Kier alpha value is -2.51. The lowest BCUT2D eigenvalue weighted by molar-refractivity contribution is 0.244. The van der Waals surface area contributed by atoms with Gasteiger partial charge in [0.1, 0.15) is 11.6 Å². The number of anilines is 1. The SMILES string of the molecule is Cc1nnc2n1CC(NC(=O)Nc1ccc(F)c(F)c1)CC2. The van der Waals surface area contributed by atoms with Gasteiger partial charge in [0.05, 0.1) is 0 Å². The number of hydrogen-bond acceptors (Lipinski definition) is 3. The molecule has 1 aromatic heterocycles. The second-order valence-corrected chi connectivity index (χ2v) is 5.24. The lowest BCUT2D eigenvalue weighted by Crippen LogP contribution is -2.43. The van der Waals surface area contributed by atoms with Gasteiger partial charge in [-0.2, -0.15) is 0 Å². The predicted molar refractivity (Wildman–Crippen MR) is 75.4 cm³/mol. The Balaban J connectivity index is 1.60. The van der Waals surface area contributed by atoms with Gasteiger partial charge in [0.2, 0.25) is 0 Å². The van der Waals surface area contributed by atoms with E-state index < -0.39 is 17.7 Å². The summed E-state index contributed by atoms with van der Waals surface area (Å²) in [7, 11) is 0. The van der Waals surface area contributed by atoms with Crippen LogP contribution in [0.4, 0.5) is 19.3 Å². The van der Waals surface area contributed by atoms with E-state index in [9.17, 15) is 13.6 Å². The summed E-state index contributed by atoms with van der Waals surface area (Å²) in [5.74, 6) is -0.229. The highest BCUT2D eigenvalue weighted by atomic mass is 19.2. The largest absolute Gasteiger partial charge is 0.333 e. The van der Waals surface area contributed by atoms with Gasteiger partial charge in [0, 0.05) is 30.8 Å². The number of halogens is 2. The lowest BCUT2D eigenvalue weighted by Gasteiger charge is -2.25. The minimum atomic E-state index is -1.000. The molecule has 3 rings (SSSR count). The van der Waals surface area contributed by atoms with Gasteiger partial charge in [-0.05, 0) is 25.5 Å². The van der Waals surface area contributed by atoms with Crippen molar-refractivity contribution >= 4 is 11.7 Å². The second kappa shape index (κ2) is 5.70. The van der Waals surface area contributed by atoms with Crippen LogP contribution in [-0.2, 0) is 13.0 Å². The van der Waals surface area contributed by atoms with Crippen molar-refractivity contribution in [3.8, 4) is 0 Å². The van der Waals surface area contributed by atoms with Crippen molar-refractivity contribution in [3.05, 3.63) is 41.5 Å². The summed E-state index contributed by atoms with van der Waals surface area (Å²) in [5.41, 5.74) is 0.202. The van der Waals surface area contributed by atoms with Gasteiger partial charge in [-0.1, -0.05) is 0 Å². The maximum absolute atomic E-state index is 13.1. The van der Waals surface area contributed by atoms with Gasteiger partial charge in [0.25, 0.3) is 0 Å². The molecule has 1 aliphatic heterocycles. The maximum atomic E-state index is 13.1. The van der Waals surface area contributed by atoms with Crippen molar-refractivity contribution in [1.82, 2.24) is 20.1 Å². The monoisotopic (exact) mass is 307 g/mol. The van der Waals surface area contributed by atoms with Crippen molar-refractivity contribution < 1.29 is 13.6 Å². The first-order valence-electron chi connectivity index (χ1n) is 6.94. The zero-order valence-corrected chi connectivity index (χ0v) is 11.9. The van der Waals surface area contributed by atoms with Crippen LogP contribution in [-0.4, -0.2) is 26.8 Å². The van der Waals surface area contributed by atoms with Crippen LogP contribution in [0.2, 0.25) is 0 Å². The van der Waals surface area contributed by atoms with Crippen LogP contribution in [0.5, 0.6) is 0 Å². The van der Waals surface area contributed by atoms with Crippen molar-refractivity contribution in [2.24, 2.45) is 0 Å². The predicted octanol–water partition coefficient (Wildman–Crippen LogP) is 2.00. The molecule has 0 bridgehead atoms. The normalized spacial score (nSPS) is 17.0. The number of benzene rings is 1. The molecule has 6 nitrogen and oxygen atoms in total. The Labute approximate surface area is 125 Å². The second-order valence-electron chi connectivity index (χ2n) is 5.24. The van der Waals surface area contributed by atoms with Gasteiger partial charge in [0.15, 0.2) is 11.6 Å². The maximum Gasteiger partial charge on any atom is 0.319 e. The van der Waals surface area contributed by atoms with Crippen LogP contribution in [0.1, 0.15) is 18.1 Å². The van der Waals surface area contributed by atoms with Gasteiger partial charge < -0.3 is 15.2 Å². The number of aryl methyl sites for hydroxylation is 2. The van der Waals surface area contributed by atoms with E-state index in [4.69, 9.17) is 0 Å². The van der Waals surface area contributed by atoms with Gasteiger partial charge in [-0.3, -0.25) is 0 Å². The van der Waals surface area contributed by atoms with Crippen LogP contribution in [0.3, 0.4) is 0 Å². The number of nitrogens with zero attached hydrogens (tertiary/aromatic N) is 3. The Morgan fingerprint density at radius 3 is 2.91 bits per heavy atom. The number of aromatic nitrogens is 3. The third-order valence-electron chi connectivity index (χ3n) is 3.64. The zero-order chi connectivity index (χ0) is 15.7.